The van der Waals surface area contributed by atoms with Crippen molar-refractivity contribution < 1.29 is 23.8 Å². The Bertz CT molecular complexity index is 1210. The van der Waals surface area contributed by atoms with Gasteiger partial charge in [-0.1, -0.05) is 24.3 Å². The molecular weight excluding hydrogens is 448 g/mol. The van der Waals surface area contributed by atoms with Crippen molar-refractivity contribution in [2.75, 3.05) is 34.4 Å². The van der Waals surface area contributed by atoms with Crippen LogP contribution in [0.5, 0.6) is 17.2 Å². The van der Waals surface area contributed by atoms with E-state index >= 15 is 0 Å². The van der Waals surface area contributed by atoms with Gasteiger partial charge in [0.05, 0.1) is 27.8 Å². The molecule has 0 unspecified atom stereocenters. The van der Waals surface area contributed by atoms with Gasteiger partial charge < -0.3 is 24.4 Å². The lowest BCUT2D eigenvalue weighted by Gasteiger charge is -2.27. The molecule has 184 valence electrons. The van der Waals surface area contributed by atoms with Gasteiger partial charge in [0.15, 0.2) is 17.2 Å². The summed E-state index contributed by atoms with van der Waals surface area (Å²) < 4.78 is 16.0. The van der Waals surface area contributed by atoms with Crippen molar-refractivity contribution in [2.24, 2.45) is 0 Å². The summed E-state index contributed by atoms with van der Waals surface area (Å²) in [4.78, 5) is 27.6. The topological polar surface area (TPSA) is 106 Å². The van der Waals surface area contributed by atoms with E-state index in [-0.39, 0.29) is 18.2 Å². The molecule has 2 aromatic carbocycles. The third-order valence-electron chi connectivity index (χ3n) is 6.18. The molecule has 1 aliphatic rings. The van der Waals surface area contributed by atoms with Crippen molar-refractivity contribution >= 4 is 11.8 Å². The molecule has 2 amide bonds. The van der Waals surface area contributed by atoms with Gasteiger partial charge in [0.2, 0.25) is 5.91 Å². The fourth-order valence-electron chi connectivity index (χ4n) is 4.26. The number of hydrogen-bond donors (Lipinski definition) is 2. The Morgan fingerprint density at radius 1 is 1.03 bits per heavy atom. The van der Waals surface area contributed by atoms with E-state index in [1.165, 1.54) is 0 Å². The molecule has 1 aromatic heterocycles. The van der Waals surface area contributed by atoms with E-state index in [4.69, 9.17) is 14.2 Å². The number of benzene rings is 2. The molecular formula is C26H30N4O5. The van der Waals surface area contributed by atoms with Crippen molar-refractivity contribution in [1.29, 1.82) is 0 Å². The summed E-state index contributed by atoms with van der Waals surface area (Å²) in [6.07, 6.45) is 1.49. The number of nitrogens with zero attached hydrogens (tertiary/aromatic N) is 2. The van der Waals surface area contributed by atoms with Crippen LogP contribution in [0.4, 0.5) is 0 Å². The summed E-state index contributed by atoms with van der Waals surface area (Å²) in [5.41, 5.74) is 3.86. The molecule has 9 nitrogen and oxygen atoms in total. The van der Waals surface area contributed by atoms with Crippen molar-refractivity contribution in [3.8, 4) is 17.2 Å². The van der Waals surface area contributed by atoms with E-state index in [2.05, 4.69) is 15.5 Å². The normalized spacial score (nSPS) is 12.6. The fourth-order valence-corrected chi connectivity index (χ4v) is 4.26. The van der Waals surface area contributed by atoms with Gasteiger partial charge in [-0.3, -0.25) is 14.7 Å². The molecule has 0 fully saturated rings. The van der Waals surface area contributed by atoms with Crippen LogP contribution >= 0.6 is 0 Å². The molecule has 35 heavy (non-hydrogen) atoms. The Labute approximate surface area is 204 Å². The fraction of sp³-hybridized carbons (Fsp3) is 0.346. The number of para-hydroxylation sites is 1. The van der Waals surface area contributed by atoms with Crippen LogP contribution in [-0.2, 0) is 30.6 Å². The highest BCUT2D eigenvalue weighted by molar-refractivity contribution is 5.94. The van der Waals surface area contributed by atoms with Crippen LogP contribution < -0.4 is 19.5 Å². The molecule has 2 heterocycles. The zero-order valence-corrected chi connectivity index (χ0v) is 20.2. The zero-order chi connectivity index (χ0) is 24.8. The molecule has 0 atom stereocenters. The highest BCUT2D eigenvalue weighted by atomic mass is 16.5. The van der Waals surface area contributed by atoms with Gasteiger partial charge in [0.1, 0.15) is 5.75 Å². The first-order valence-electron chi connectivity index (χ1n) is 11.5. The van der Waals surface area contributed by atoms with E-state index in [9.17, 15) is 9.59 Å². The minimum Gasteiger partial charge on any atom is -0.496 e. The molecule has 3 aromatic rings. The Hall–Kier alpha value is -4.01. The monoisotopic (exact) mass is 478 g/mol. The van der Waals surface area contributed by atoms with E-state index in [1.807, 2.05) is 42.5 Å². The summed E-state index contributed by atoms with van der Waals surface area (Å²) in [5.74, 6) is 1.73. The number of nitrogens with one attached hydrogen (secondary N) is 2. The Morgan fingerprint density at radius 2 is 1.80 bits per heavy atom. The molecule has 0 aliphatic carbocycles. The lowest BCUT2D eigenvalue weighted by atomic mass is 10.0. The summed E-state index contributed by atoms with van der Waals surface area (Å²) in [6, 6.07) is 13.2. The maximum atomic E-state index is 13.0. The Balaban J connectivity index is 1.37. The number of hydrogen-bond acceptors (Lipinski definition) is 6. The highest BCUT2D eigenvalue weighted by Gasteiger charge is 2.28. The number of aromatic amines is 1. The maximum Gasteiger partial charge on any atom is 0.272 e. The van der Waals surface area contributed by atoms with Gasteiger partial charge in [-0.05, 0) is 30.2 Å². The number of aromatic nitrogens is 2. The van der Waals surface area contributed by atoms with Gasteiger partial charge in [-0.2, -0.15) is 5.10 Å². The predicted molar refractivity (Wildman–Crippen MR) is 130 cm³/mol. The molecule has 9 heteroatoms. The number of ether oxygens (including phenoxy) is 3. The number of fused-ring (bicyclic) bond motifs is 1. The molecule has 0 saturated carbocycles. The van der Waals surface area contributed by atoms with Crippen LogP contribution in [0, 0.1) is 0 Å². The first-order valence-corrected chi connectivity index (χ1v) is 11.5. The lowest BCUT2D eigenvalue weighted by Crippen LogP contribution is -2.38. The average Bonchev–Trinajstić information content (AvgIpc) is 3.32. The number of rotatable bonds is 9. The SMILES string of the molecule is COc1ccccc1CC(=O)N1CCc2[nH]nc(C(=O)NCCc3ccc(OC)c(OC)c3)c2C1. The summed E-state index contributed by atoms with van der Waals surface area (Å²) in [7, 11) is 4.78. The van der Waals surface area contributed by atoms with E-state index < -0.39 is 0 Å². The smallest absolute Gasteiger partial charge is 0.272 e. The average molecular weight is 479 g/mol. The predicted octanol–water partition coefficient (Wildman–Crippen LogP) is 2.54. The van der Waals surface area contributed by atoms with Gasteiger partial charge in [0.25, 0.3) is 5.91 Å². The summed E-state index contributed by atoms with van der Waals surface area (Å²) in [5, 5.41) is 10.2. The van der Waals surface area contributed by atoms with E-state index in [1.54, 1.807) is 26.2 Å². The van der Waals surface area contributed by atoms with Crippen LogP contribution in [-0.4, -0.2) is 61.3 Å². The largest absolute Gasteiger partial charge is 0.496 e. The molecule has 2 N–H and O–H groups in total. The van der Waals surface area contributed by atoms with Crippen LogP contribution in [0.15, 0.2) is 42.5 Å². The second-order valence-corrected chi connectivity index (χ2v) is 8.28. The standard InChI is InChI=1S/C26H30N4O5/c1-33-21-7-5-4-6-18(21)15-24(31)30-13-11-20-19(16-30)25(29-28-20)26(32)27-12-10-17-8-9-22(34-2)23(14-17)35-3/h4-9,14H,10-13,15-16H2,1-3H3,(H,27,32)(H,28,29). The molecule has 4 rings (SSSR count). The van der Waals surface area contributed by atoms with Crippen LogP contribution in [0.2, 0.25) is 0 Å². The first kappa shape index (κ1) is 24.1. The van der Waals surface area contributed by atoms with Gasteiger partial charge >= 0.3 is 0 Å². The number of amides is 2. The maximum absolute atomic E-state index is 13.0. The highest BCUT2D eigenvalue weighted by Crippen LogP contribution is 2.28. The summed E-state index contributed by atoms with van der Waals surface area (Å²) >= 11 is 0. The minimum absolute atomic E-state index is 0.0128. The van der Waals surface area contributed by atoms with Gasteiger partial charge in [0, 0.05) is 42.9 Å². The molecule has 0 saturated heterocycles. The minimum atomic E-state index is -0.262. The number of methoxy groups -OCH3 is 3. The van der Waals surface area contributed by atoms with Crippen LogP contribution in [0.3, 0.4) is 0 Å². The van der Waals surface area contributed by atoms with Crippen molar-refractivity contribution in [2.45, 2.75) is 25.8 Å². The second-order valence-electron chi connectivity index (χ2n) is 8.28. The zero-order valence-electron chi connectivity index (χ0n) is 20.2. The van der Waals surface area contributed by atoms with Crippen LogP contribution in [0.25, 0.3) is 0 Å². The van der Waals surface area contributed by atoms with E-state index in [0.717, 1.165) is 22.4 Å². The van der Waals surface area contributed by atoms with E-state index in [0.29, 0.717) is 55.4 Å². The molecule has 0 radical (unpaired) electrons. The number of carbonyl (C=O) groups is 2. The summed E-state index contributed by atoms with van der Waals surface area (Å²) in [6.45, 7) is 1.36. The number of H-pyrrole nitrogens is 1. The molecule has 0 spiro atoms. The Morgan fingerprint density at radius 3 is 2.57 bits per heavy atom. The number of carbonyl (C=O) groups excluding carboxylic acids is 2. The molecule has 1 aliphatic heterocycles. The third-order valence-corrected chi connectivity index (χ3v) is 6.18. The van der Waals surface area contributed by atoms with Gasteiger partial charge in [-0.15, -0.1) is 0 Å². The van der Waals surface area contributed by atoms with Crippen molar-refractivity contribution in [1.82, 2.24) is 20.4 Å². The molecule has 0 bridgehead atoms. The first-order chi connectivity index (χ1) is 17.0. The quantitative estimate of drug-likeness (QED) is 0.490. The van der Waals surface area contributed by atoms with Gasteiger partial charge in [-0.25, -0.2) is 0 Å². The van der Waals surface area contributed by atoms with Crippen molar-refractivity contribution in [3.05, 3.63) is 70.5 Å². The second kappa shape index (κ2) is 10.9. The van der Waals surface area contributed by atoms with Crippen LogP contribution in [0.1, 0.15) is 32.9 Å². The Kier molecular flexibility index (Phi) is 7.54. The van der Waals surface area contributed by atoms with Crippen molar-refractivity contribution in [3.63, 3.8) is 0 Å². The lowest BCUT2D eigenvalue weighted by molar-refractivity contribution is -0.131. The third kappa shape index (κ3) is 5.40.